The molecule has 1 aliphatic heterocycles. The van der Waals surface area contributed by atoms with Crippen LogP contribution in [0.1, 0.15) is 22.3 Å². The highest BCUT2D eigenvalue weighted by Gasteiger charge is 2.25. The summed E-state index contributed by atoms with van der Waals surface area (Å²) in [6.07, 6.45) is 2.73. The molecule has 0 bridgehead atoms. The van der Waals surface area contributed by atoms with E-state index in [1.165, 1.54) is 7.11 Å². The molecule has 1 aromatic heterocycles. The summed E-state index contributed by atoms with van der Waals surface area (Å²) in [6, 6.07) is 11.2. The van der Waals surface area contributed by atoms with E-state index >= 15 is 0 Å². The van der Waals surface area contributed by atoms with Crippen molar-refractivity contribution in [2.75, 3.05) is 32.1 Å². The predicted octanol–water partition coefficient (Wildman–Crippen LogP) is 2.47. The molecule has 1 atom stereocenters. The molecule has 0 aliphatic carbocycles. The van der Waals surface area contributed by atoms with Crippen molar-refractivity contribution in [3.63, 3.8) is 0 Å². The number of pyridine rings is 1. The third kappa shape index (κ3) is 4.92. The molecule has 0 radical (unpaired) electrons. The van der Waals surface area contributed by atoms with E-state index in [1.54, 1.807) is 25.4 Å². The van der Waals surface area contributed by atoms with Crippen LogP contribution in [0.4, 0.5) is 5.82 Å². The number of esters is 1. The van der Waals surface area contributed by atoms with Gasteiger partial charge in [-0.05, 0) is 36.2 Å². The van der Waals surface area contributed by atoms with Crippen molar-refractivity contribution in [2.24, 2.45) is 4.99 Å². The van der Waals surface area contributed by atoms with E-state index in [0.717, 1.165) is 36.9 Å². The van der Waals surface area contributed by atoms with E-state index < -0.39 is 0 Å². The number of anilines is 1. The van der Waals surface area contributed by atoms with Crippen LogP contribution >= 0.6 is 11.6 Å². The average molecular weight is 402 g/mol. The highest BCUT2D eigenvalue weighted by molar-refractivity contribution is 6.32. The molecule has 2 N–H and O–H groups in total. The lowest BCUT2D eigenvalue weighted by Gasteiger charge is -2.20. The molecule has 1 aliphatic rings. The first-order valence-corrected chi connectivity index (χ1v) is 9.48. The van der Waals surface area contributed by atoms with Gasteiger partial charge in [-0.25, -0.2) is 9.78 Å². The second kappa shape index (κ2) is 9.41. The zero-order valence-corrected chi connectivity index (χ0v) is 16.7. The van der Waals surface area contributed by atoms with Crippen LogP contribution in [0.5, 0.6) is 0 Å². The Morgan fingerprint density at radius 1 is 1.36 bits per heavy atom. The molecule has 148 valence electrons. The highest BCUT2D eigenvalue weighted by atomic mass is 35.5. The second-order valence-electron chi connectivity index (χ2n) is 6.50. The number of ether oxygens (including phenoxy) is 1. The largest absolute Gasteiger partial charge is 0.465 e. The molecule has 8 heteroatoms. The number of carbonyl (C=O) groups is 1. The molecule has 1 fully saturated rings. The first kappa shape index (κ1) is 19.9. The molecule has 2 aromatic rings. The summed E-state index contributed by atoms with van der Waals surface area (Å²) < 4.78 is 4.71. The van der Waals surface area contributed by atoms with Crippen molar-refractivity contribution in [3.8, 4) is 0 Å². The van der Waals surface area contributed by atoms with Gasteiger partial charge < -0.3 is 20.3 Å². The third-order valence-electron chi connectivity index (χ3n) is 4.63. The smallest absolute Gasteiger partial charge is 0.337 e. The zero-order chi connectivity index (χ0) is 19.9. The number of rotatable bonds is 5. The van der Waals surface area contributed by atoms with Crippen LogP contribution in [0.3, 0.4) is 0 Å². The molecule has 0 amide bonds. The van der Waals surface area contributed by atoms with Crippen LogP contribution in [-0.2, 0) is 11.3 Å². The standard InChI is InChI=1S/C20H24ClN5O2/c1-22-20(24-12-14-5-7-15(8-6-14)19(27)28-2)25-16-9-11-26(13-16)18-17(21)4-3-10-23-18/h3-8,10,16H,9,11-13H2,1-2H3,(H2,22,24,25). The predicted molar refractivity (Wildman–Crippen MR) is 111 cm³/mol. The Kier molecular flexibility index (Phi) is 6.71. The first-order chi connectivity index (χ1) is 13.6. The molecule has 7 nitrogen and oxygen atoms in total. The minimum Gasteiger partial charge on any atom is -0.465 e. The average Bonchev–Trinajstić information content (AvgIpc) is 3.19. The summed E-state index contributed by atoms with van der Waals surface area (Å²) in [5.41, 5.74) is 1.58. The Bertz CT molecular complexity index is 841. The number of aromatic nitrogens is 1. The van der Waals surface area contributed by atoms with Crippen LogP contribution in [0.15, 0.2) is 47.6 Å². The molecule has 2 heterocycles. The molecular weight excluding hydrogens is 378 g/mol. The number of carbonyl (C=O) groups excluding carboxylic acids is 1. The van der Waals surface area contributed by atoms with Gasteiger partial charge >= 0.3 is 5.97 Å². The van der Waals surface area contributed by atoms with Crippen molar-refractivity contribution in [1.82, 2.24) is 15.6 Å². The lowest BCUT2D eigenvalue weighted by molar-refractivity contribution is 0.0600. The fourth-order valence-corrected chi connectivity index (χ4v) is 3.37. The van der Waals surface area contributed by atoms with E-state index in [0.29, 0.717) is 17.1 Å². The van der Waals surface area contributed by atoms with E-state index in [9.17, 15) is 4.79 Å². The lowest BCUT2D eigenvalue weighted by Crippen LogP contribution is -2.44. The van der Waals surface area contributed by atoms with Crippen LogP contribution in [-0.4, -0.2) is 50.2 Å². The number of aliphatic imine (C=N–C) groups is 1. The van der Waals surface area contributed by atoms with E-state index in [2.05, 4.69) is 25.5 Å². The number of benzene rings is 1. The minimum atomic E-state index is -0.337. The second-order valence-corrected chi connectivity index (χ2v) is 6.91. The molecule has 28 heavy (non-hydrogen) atoms. The van der Waals surface area contributed by atoms with Crippen LogP contribution in [0.25, 0.3) is 0 Å². The normalized spacial score (nSPS) is 16.8. The van der Waals surface area contributed by atoms with Crippen molar-refractivity contribution in [2.45, 2.75) is 19.0 Å². The van der Waals surface area contributed by atoms with Gasteiger partial charge in [-0.15, -0.1) is 0 Å². The Balaban J connectivity index is 1.51. The Labute approximate surface area is 169 Å². The molecule has 1 aromatic carbocycles. The molecule has 3 rings (SSSR count). The summed E-state index contributed by atoms with van der Waals surface area (Å²) in [5.74, 6) is 1.22. The third-order valence-corrected chi connectivity index (χ3v) is 4.92. The minimum absolute atomic E-state index is 0.256. The monoisotopic (exact) mass is 401 g/mol. The van der Waals surface area contributed by atoms with Gasteiger partial charge in [-0.2, -0.15) is 0 Å². The Morgan fingerprint density at radius 3 is 2.82 bits per heavy atom. The van der Waals surface area contributed by atoms with Crippen LogP contribution in [0, 0.1) is 0 Å². The molecule has 1 saturated heterocycles. The lowest BCUT2D eigenvalue weighted by atomic mass is 10.1. The van der Waals surface area contributed by atoms with Gasteiger partial charge in [0.1, 0.15) is 5.82 Å². The highest BCUT2D eigenvalue weighted by Crippen LogP contribution is 2.25. The number of nitrogens with one attached hydrogen (secondary N) is 2. The van der Waals surface area contributed by atoms with Gasteiger partial charge in [0.05, 0.1) is 17.7 Å². The van der Waals surface area contributed by atoms with E-state index in [1.807, 2.05) is 24.3 Å². The summed E-state index contributed by atoms with van der Waals surface area (Å²) in [5, 5.41) is 7.42. The van der Waals surface area contributed by atoms with E-state index in [4.69, 9.17) is 16.3 Å². The van der Waals surface area contributed by atoms with E-state index in [-0.39, 0.29) is 12.0 Å². The molecule has 0 saturated carbocycles. The molecule has 0 spiro atoms. The van der Waals surface area contributed by atoms with Crippen molar-refractivity contribution >= 4 is 29.3 Å². The fraction of sp³-hybridized carbons (Fsp3) is 0.350. The maximum absolute atomic E-state index is 11.5. The zero-order valence-electron chi connectivity index (χ0n) is 16.0. The SMILES string of the molecule is CN=C(NCc1ccc(C(=O)OC)cc1)NC1CCN(c2ncccc2Cl)C1. The first-order valence-electron chi connectivity index (χ1n) is 9.10. The summed E-state index contributed by atoms with van der Waals surface area (Å²) in [7, 11) is 3.12. The van der Waals surface area contributed by atoms with Crippen LogP contribution in [0.2, 0.25) is 5.02 Å². The maximum atomic E-state index is 11.5. The Morgan fingerprint density at radius 2 is 2.14 bits per heavy atom. The molecule has 1 unspecified atom stereocenters. The van der Waals surface area contributed by atoms with Crippen molar-refractivity contribution < 1.29 is 9.53 Å². The summed E-state index contributed by atoms with van der Waals surface area (Å²) in [4.78, 5) is 22.4. The van der Waals surface area contributed by atoms with Gasteiger partial charge in [0.2, 0.25) is 0 Å². The molecular formula is C20H24ClN5O2. The fourth-order valence-electron chi connectivity index (χ4n) is 3.13. The van der Waals surface area contributed by atoms with Crippen molar-refractivity contribution in [1.29, 1.82) is 0 Å². The number of guanidine groups is 1. The van der Waals surface area contributed by atoms with Gasteiger partial charge in [-0.1, -0.05) is 23.7 Å². The summed E-state index contributed by atoms with van der Waals surface area (Å²) >= 11 is 6.25. The van der Waals surface area contributed by atoms with Gasteiger partial charge in [0, 0.05) is 38.9 Å². The van der Waals surface area contributed by atoms with Crippen LogP contribution < -0.4 is 15.5 Å². The van der Waals surface area contributed by atoms with Gasteiger partial charge in [0.25, 0.3) is 0 Å². The van der Waals surface area contributed by atoms with Gasteiger partial charge in [0.15, 0.2) is 5.96 Å². The topological polar surface area (TPSA) is 78.8 Å². The number of methoxy groups -OCH3 is 1. The van der Waals surface area contributed by atoms with Gasteiger partial charge in [-0.3, -0.25) is 4.99 Å². The number of hydrogen-bond acceptors (Lipinski definition) is 5. The number of halogens is 1. The maximum Gasteiger partial charge on any atom is 0.337 e. The number of nitrogens with zero attached hydrogens (tertiary/aromatic N) is 3. The quantitative estimate of drug-likeness (QED) is 0.455. The Hall–Kier alpha value is -2.80. The van der Waals surface area contributed by atoms with Crippen molar-refractivity contribution in [3.05, 3.63) is 58.7 Å². The number of hydrogen-bond donors (Lipinski definition) is 2. The summed E-state index contributed by atoms with van der Waals surface area (Å²) in [6.45, 7) is 2.30.